The molecule has 0 amide bonds. The molecule has 0 unspecified atom stereocenters. The van der Waals surface area contributed by atoms with Gasteiger partial charge >= 0.3 is 0 Å². The van der Waals surface area contributed by atoms with Crippen molar-refractivity contribution in [3.05, 3.63) is 0 Å². The van der Waals surface area contributed by atoms with E-state index in [-0.39, 0.29) is 11.0 Å². The van der Waals surface area contributed by atoms with Crippen molar-refractivity contribution >= 4 is 26.9 Å². The molecule has 46 valence electrons. The normalized spacial score (nSPS) is 7.71. The minimum absolute atomic E-state index is 0. The maximum Gasteiger partial charge on any atom is 0.00313 e. The molecule has 0 aromatic rings. The second-order valence-electron chi connectivity index (χ2n) is 1.40. The van der Waals surface area contributed by atoms with E-state index >= 15 is 0 Å². The van der Waals surface area contributed by atoms with Gasteiger partial charge in [-0.15, -0.1) is 0 Å². The Hall–Kier alpha value is 0.697. The van der Waals surface area contributed by atoms with Gasteiger partial charge in [0.1, 0.15) is 0 Å². The molecule has 0 rings (SSSR count). The molecule has 0 aliphatic carbocycles. The molecule has 0 aliphatic rings. The Morgan fingerprint density at radius 1 is 1.29 bits per heavy atom. The molecule has 0 nitrogen and oxygen atoms in total. The van der Waals surface area contributed by atoms with Gasteiger partial charge in [-0.3, -0.25) is 0 Å². The second kappa shape index (κ2) is 9.85. The van der Waals surface area contributed by atoms with Crippen LogP contribution in [-0.4, -0.2) is 16.3 Å². The van der Waals surface area contributed by atoms with Crippen LogP contribution in [0.5, 0.6) is 0 Å². The summed E-state index contributed by atoms with van der Waals surface area (Å²) in [5.74, 6) is 0. The highest BCUT2D eigenvalue weighted by Crippen LogP contribution is 1.95. The number of halogens is 1. The van der Waals surface area contributed by atoms with Gasteiger partial charge in [0.25, 0.3) is 0 Å². The van der Waals surface area contributed by atoms with E-state index in [1.807, 2.05) is 0 Å². The molecule has 0 aromatic heterocycles. The van der Waals surface area contributed by atoms with E-state index in [9.17, 15) is 0 Å². The Morgan fingerprint density at radius 2 is 1.86 bits per heavy atom. The summed E-state index contributed by atoms with van der Waals surface area (Å²) in [5, 5.41) is 1.17. The Bertz CT molecular complexity index is 20.0. The minimum Gasteiger partial charge on any atom is -0.0928 e. The van der Waals surface area contributed by atoms with E-state index in [4.69, 9.17) is 0 Å². The van der Waals surface area contributed by atoms with E-state index in [1.54, 1.807) is 0 Å². The lowest BCUT2D eigenvalue weighted by atomic mass is 10.3. The zero-order valence-corrected chi connectivity index (χ0v) is 5.79. The van der Waals surface area contributed by atoms with E-state index in [0.717, 1.165) is 0 Å². The van der Waals surface area contributed by atoms with Crippen LogP contribution in [-0.2, 0) is 0 Å². The van der Waals surface area contributed by atoms with Crippen LogP contribution in [0.15, 0.2) is 0 Å². The quantitative estimate of drug-likeness (QED) is 0.349. The van der Waals surface area contributed by atoms with Crippen LogP contribution in [0.2, 0.25) is 0 Å². The number of hydrogen-bond donors (Lipinski definition) is 0. The molecule has 0 radical (unpaired) electrons. The summed E-state index contributed by atoms with van der Waals surface area (Å²) < 4.78 is 0. The molecular weight excluding hydrogens is 168 g/mol. The lowest BCUT2D eigenvalue weighted by molar-refractivity contribution is 0.781. The molecule has 0 saturated heterocycles. The topological polar surface area (TPSA) is 0 Å². The van der Waals surface area contributed by atoms with Gasteiger partial charge in [-0.05, 0) is 17.4 Å². The molecule has 0 spiro atoms. The van der Waals surface area contributed by atoms with Crippen LogP contribution >= 0.6 is 15.9 Å². The maximum atomic E-state index is 3.35. The third-order valence-electron chi connectivity index (χ3n) is 0.737. The first-order chi connectivity index (χ1) is 2.91. The lowest BCUT2D eigenvalue weighted by Gasteiger charge is -1.85. The largest absolute Gasteiger partial charge is 0.0928 e. The standard InChI is InChI=1S/C5H11Br.H4Si/c1-2-3-4-5-6;/h2-5H2,1H3;1H4. The van der Waals surface area contributed by atoms with E-state index < -0.39 is 0 Å². The van der Waals surface area contributed by atoms with Gasteiger partial charge in [0.05, 0.1) is 0 Å². The summed E-state index contributed by atoms with van der Waals surface area (Å²) in [6, 6.07) is 0. The predicted molar refractivity (Wildman–Crippen MR) is 44.7 cm³/mol. The van der Waals surface area contributed by atoms with Gasteiger partial charge in [0, 0.05) is 5.33 Å². The molecular formula is C5H15BrSi. The fourth-order valence-corrected chi connectivity index (χ4v) is 0.741. The van der Waals surface area contributed by atoms with Crippen molar-refractivity contribution in [2.24, 2.45) is 0 Å². The first kappa shape index (κ1) is 10.6. The van der Waals surface area contributed by atoms with Crippen LogP contribution in [0.25, 0.3) is 0 Å². The van der Waals surface area contributed by atoms with Crippen LogP contribution < -0.4 is 0 Å². The first-order valence-corrected chi connectivity index (χ1v) is 3.60. The van der Waals surface area contributed by atoms with Crippen molar-refractivity contribution in [3.63, 3.8) is 0 Å². The molecule has 0 fully saturated rings. The maximum absolute atomic E-state index is 3.35. The van der Waals surface area contributed by atoms with Crippen LogP contribution in [0.1, 0.15) is 26.2 Å². The van der Waals surface area contributed by atoms with Gasteiger partial charge in [-0.25, -0.2) is 0 Å². The summed E-state index contributed by atoms with van der Waals surface area (Å²) in [6.07, 6.45) is 4.02. The molecule has 0 aliphatic heterocycles. The number of alkyl halides is 1. The number of rotatable bonds is 3. The van der Waals surface area contributed by atoms with Gasteiger partial charge in [-0.2, -0.15) is 0 Å². The Balaban J connectivity index is 0. The Labute approximate surface area is 58.8 Å². The van der Waals surface area contributed by atoms with E-state index in [0.29, 0.717) is 0 Å². The fourth-order valence-electron chi connectivity index (χ4n) is 0.344. The summed E-state index contributed by atoms with van der Waals surface area (Å²) in [5.41, 5.74) is 0. The van der Waals surface area contributed by atoms with Gasteiger partial charge in [0.15, 0.2) is 0 Å². The van der Waals surface area contributed by atoms with Crippen molar-refractivity contribution in [1.82, 2.24) is 0 Å². The van der Waals surface area contributed by atoms with E-state index in [1.165, 1.54) is 24.6 Å². The van der Waals surface area contributed by atoms with Crippen LogP contribution in [0.3, 0.4) is 0 Å². The average molecular weight is 183 g/mol. The third kappa shape index (κ3) is 10.8. The predicted octanol–water partition coefficient (Wildman–Crippen LogP) is 1.12. The molecule has 0 N–H and O–H groups in total. The molecule has 0 bridgehead atoms. The minimum atomic E-state index is 0. The molecule has 0 atom stereocenters. The zero-order chi connectivity index (χ0) is 4.83. The summed E-state index contributed by atoms with van der Waals surface area (Å²) in [7, 11) is 0. The monoisotopic (exact) mass is 182 g/mol. The van der Waals surface area contributed by atoms with Crippen LogP contribution in [0, 0.1) is 0 Å². The highest BCUT2D eigenvalue weighted by molar-refractivity contribution is 9.09. The van der Waals surface area contributed by atoms with Crippen molar-refractivity contribution in [2.45, 2.75) is 26.2 Å². The molecule has 7 heavy (non-hydrogen) atoms. The van der Waals surface area contributed by atoms with Crippen molar-refractivity contribution in [1.29, 1.82) is 0 Å². The summed E-state index contributed by atoms with van der Waals surface area (Å²) in [4.78, 5) is 0. The molecule has 0 aromatic carbocycles. The number of hydrogen-bond acceptors (Lipinski definition) is 0. The Kier molecular flexibility index (Phi) is 15.0. The van der Waals surface area contributed by atoms with E-state index in [2.05, 4.69) is 22.9 Å². The highest BCUT2D eigenvalue weighted by atomic mass is 79.9. The summed E-state index contributed by atoms with van der Waals surface area (Å²) in [6.45, 7) is 2.21. The SMILES string of the molecule is CCCCCBr.[SiH4]. The average Bonchev–Trinajstić information content (AvgIpc) is 1.61. The summed E-state index contributed by atoms with van der Waals surface area (Å²) >= 11 is 3.35. The first-order valence-electron chi connectivity index (χ1n) is 2.47. The number of unbranched alkanes of at least 4 members (excludes halogenated alkanes) is 2. The molecule has 0 heterocycles. The smallest absolute Gasteiger partial charge is 0.00313 e. The van der Waals surface area contributed by atoms with Crippen molar-refractivity contribution in [3.8, 4) is 0 Å². The fraction of sp³-hybridized carbons (Fsp3) is 1.00. The highest BCUT2D eigenvalue weighted by Gasteiger charge is 1.76. The zero-order valence-electron chi connectivity index (χ0n) is 4.21. The second-order valence-corrected chi connectivity index (χ2v) is 2.19. The van der Waals surface area contributed by atoms with Gasteiger partial charge in [-0.1, -0.05) is 35.7 Å². The van der Waals surface area contributed by atoms with Gasteiger partial charge in [0.2, 0.25) is 0 Å². The van der Waals surface area contributed by atoms with Gasteiger partial charge < -0.3 is 0 Å². The van der Waals surface area contributed by atoms with Crippen molar-refractivity contribution in [2.75, 3.05) is 5.33 Å². The molecule has 0 saturated carbocycles. The molecule has 2 heteroatoms. The lowest BCUT2D eigenvalue weighted by Crippen LogP contribution is -1.70. The third-order valence-corrected chi connectivity index (χ3v) is 1.30. The Morgan fingerprint density at radius 3 is 2.00 bits per heavy atom. The van der Waals surface area contributed by atoms with Crippen LogP contribution in [0.4, 0.5) is 0 Å². The van der Waals surface area contributed by atoms with Crippen molar-refractivity contribution < 1.29 is 0 Å².